The van der Waals surface area contributed by atoms with Crippen LogP contribution in [0.4, 0.5) is 30.4 Å². The fourth-order valence-electron chi connectivity index (χ4n) is 6.13. The molecule has 0 saturated carbocycles. The number of alkyl halides is 3. The van der Waals surface area contributed by atoms with Gasteiger partial charge in [-0.15, -0.1) is 0 Å². The van der Waals surface area contributed by atoms with Crippen molar-refractivity contribution in [3.05, 3.63) is 36.0 Å². The summed E-state index contributed by atoms with van der Waals surface area (Å²) in [5.41, 5.74) is -0.110. The highest BCUT2D eigenvalue weighted by molar-refractivity contribution is 7.89. The third-order valence-corrected chi connectivity index (χ3v) is 10.0. The third-order valence-electron chi connectivity index (χ3n) is 8.13. The van der Waals surface area contributed by atoms with Crippen LogP contribution >= 0.6 is 0 Å². The molecule has 3 fully saturated rings. The standard InChI is InChI=1S/C26H31F3N6O4S/c1-30-21-11-23(33-25-24(21)19(12-31-25)26(27,28)29)32-20-4-3-18(10-22(20)38-2)40(36,37)34-7-5-15(6-8-34)35-13-17-9-16(35)14-39-17/h3-4,10-12,15-17H,5-9,13-14H2,1-2H3,(H3,30,31,32,33)/t16-,17-/m1/s1. The maximum atomic E-state index is 13.5. The molecule has 3 N–H and O–H groups in total. The van der Waals surface area contributed by atoms with E-state index in [2.05, 4.69) is 25.5 Å². The predicted octanol–water partition coefficient (Wildman–Crippen LogP) is 4.00. The zero-order chi connectivity index (χ0) is 28.2. The lowest BCUT2D eigenvalue weighted by molar-refractivity contribution is -0.136. The Hall–Kier alpha value is -3.07. The van der Waals surface area contributed by atoms with Crippen molar-refractivity contribution >= 4 is 38.2 Å². The van der Waals surface area contributed by atoms with E-state index in [0.29, 0.717) is 37.0 Å². The zero-order valence-corrected chi connectivity index (χ0v) is 22.9. The molecule has 1 aromatic carbocycles. The smallest absolute Gasteiger partial charge is 0.418 e. The number of nitrogens with one attached hydrogen (secondary N) is 3. The minimum absolute atomic E-state index is 0.0533. The SMILES string of the molecule is CNc1cc(Nc2ccc(S(=O)(=O)N3CCC(N4C[C@H]5C[C@@H]4CO5)CC3)cc2OC)nc2[nH]cc(C(F)(F)F)c12. The Kier molecular flexibility index (Phi) is 6.84. The molecule has 6 rings (SSSR count). The first-order valence-electron chi connectivity index (χ1n) is 13.2. The number of halogens is 3. The van der Waals surface area contributed by atoms with E-state index in [1.54, 1.807) is 6.07 Å². The number of methoxy groups -OCH3 is 1. The van der Waals surface area contributed by atoms with Gasteiger partial charge in [0.1, 0.15) is 17.2 Å². The van der Waals surface area contributed by atoms with E-state index < -0.39 is 21.8 Å². The molecule has 2 aromatic heterocycles. The monoisotopic (exact) mass is 580 g/mol. The minimum atomic E-state index is -4.54. The number of sulfonamides is 1. The summed E-state index contributed by atoms with van der Waals surface area (Å²) in [5, 5.41) is 5.77. The molecular formula is C26H31F3N6O4S. The molecule has 14 heteroatoms. The van der Waals surface area contributed by atoms with Gasteiger partial charge in [-0.2, -0.15) is 17.5 Å². The van der Waals surface area contributed by atoms with Gasteiger partial charge in [0.15, 0.2) is 0 Å². The van der Waals surface area contributed by atoms with Crippen LogP contribution in [-0.4, -0.2) is 86.2 Å². The van der Waals surface area contributed by atoms with Crippen LogP contribution in [0.25, 0.3) is 11.0 Å². The molecule has 5 heterocycles. The number of hydrogen-bond donors (Lipinski definition) is 3. The van der Waals surface area contributed by atoms with Crippen molar-refractivity contribution < 1.29 is 31.1 Å². The predicted molar refractivity (Wildman–Crippen MR) is 144 cm³/mol. The van der Waals surface area contributed by atoms with Crippen molar-refractivity contribution in [2.75, 3.05) is 51.0 Å². The number of aromatic amines is 1. The maximum Gasteiger partial charge on any atom is 0.418 e. The van der Waals surface area contributed by atoms with Gasteiger partial charge in [0, 0.05) is 62.8 Å². The highest BCUT2D eigenvalue weighted by Crippen LogP contribution is 2.40. The molecule has 0 unspecified atom stereocenters. The molecule has 216 valence electrons. The van der Waals surface area contributed by atoms with Crippen molar-refractivity contribution in [3.8, 4) is 5.75 Å². The average molecular weight is 581 g/mol. The topological polar surface area (TPSA) is 112 Å². The lowest BCUT2D eigenvalue weighted by Gasteiger charge is -2.39. The Balaban J connectivity index is 1.20. The van der Waals surface area contributed by atoms with E-state index >= 15 is 0 Å². The first kappa shape index (κ1) is 27.1. The summed E-state index contributed by atoms with van der Waals surface area (Å²) < 4.78 is 80.0. The normalized spacial score (nSPS) is 22.7. The molecule has 3 saturated heterocycles. The van der Waals surface area contributed by atoms with Gasteiger partial charge in [-0.05, 0) is 31.4 Å². The number of morpholine rings is 1. The fraction of sp³-hybridized carbons (Fsp3) is 0.500. The second-order valence-corrected chi connectivity index (χ2v) is 12.3. The number of rotatable bonds is 7. The van der Waals surface area contributed by atoms with E-state index in [0.717, 1.165) is 38.6 Å². The lowest BCUT2D eigenvalue weighted by Crippen LogP contribution is -2.50. The van der Waals surface area contributed by atoms with E-state index in [-0.39, 0.29) is 33.2 Å². The highest BCUT2D eigenvalue weighted by Gasteiger charge is 2.43. The molecule has 3 aliphatic heterocycles. The van der Waals surface area contributed by atoms with Gasteiger partial charge in [0.2, 0.25) is 10.0 Å². The Morgan fingerprint density at radius 2 is 1.93 bits per heavy atom. The number of piperidine rings is 1. The number of aromatic nitrogens is 2. The van der Waals surface area contributed by atoms with Crippen LogP contribution in [0, 0.1) is 0 Å². The van der Waals surface area contributed by atoms with Gasteiger partial charge in [0.25, 0.3) is 0 Å². The van der Waals surface area contributed by atoms with Gasteiger partial charge < -0.3 is 25.1 Å². The Bertz CT molecular complexity index is 1520. The molecule has 10 nitrogen and oxygen atoms in total. The Morgan fingerprint density at radius 3 is 2.55 bits per heavy atom. The van der Waals surface area contributed by atoms with Crippen LogP contribution in [0.15, 0.2) is 35.4 Å². The summed E-state index contributed by atoms with van der Waals surface area (Å²) in [5.74, 6) is 0.517. The van der Waals surface area contributed by atoms with Crippen LogP contribution in [0.5, 0.6) is 5.75 Å². The van der Waals surface area contributed by atoms with Gasteiger partial charge >= 0.3 is 6.18 Å². The number of likely N-dealkylation sites (tertiary alicyclic amines) is 1. The molecule has 0 radical (unpaired) electrons. The molecule has 2 atom stereocenters. The van der Waals surface area contributed by atoms with Gasteiger partial charge in [-0.3, -0.25) is 4.90 Å². The number of nitrogens with zero attached hydrogens (tertiary/aromatic N) is 3. The average Bonchev–Trinajstić information content (AvgIpc) is 3.69. The second kappa shape index (κ2) is 10.1. The molecule has 3 aliphatic rings. The molecule has 40 heavy (non-hydrogen) atoms. The van der Waals surface area contributed by atoms with Crippen LogP contribution in [0.2, 0.25) is 0 Å². The molecule has 3 aromatic rings. The molecule has 2 bridgehead atoms. The highest BCUT2D eigenvalue weighted by atomic mass is 32.2. The van der Waals surface area contributed by atoms with Crippen molar-refractivity contribution in [1.82, 2.24) is 19.2 Å². The van der Waals surface area contributed by atoms with Crippen LogP contribution in [0.3, 0.4) is 0 Å². The van der Waals surface area contributed by atoms with E-state index in [1.807, 2.05) is 0 Å². The van der Waals surface area contributed by atoms with E-state index in [4.69, 9.17) is 9.47 Å². The van der Waals surface area contributed by atoms with Gasteiger partial charge in [-0.1, -0.05) is 0 Å². The van der Waals surface area contributed by atoms with Crippen molar-refractivity contribution in [2.45, 2.75) is 48.5 Å². The number of ether oxygens (including phenoxy) is 2. The first-order chi connectivity index (χ1) is 19.1. The van der Waals surface area contributed by atoms with Crippen LogP contribution in [0.1, 0.15) is 24.8 Å². The van der Waals surface area contributed by atoms with Crippen LogP contribution in [-0.2, 0) is 20.9 Å². The minimum Gasteiger partial charge on any atom is -0.495 e. The van der Waals surface area contributed by atoms with Crippen molar-refractivity contribution in [3.63, 3.8) is 0 Å². The molecule has 0 amide bonds. The molecular weight excluding hydrogens is 549 g/mol. The maximum absolute atomic E-state index is 13.5. The van der Waals surface area contributed by atoms with Crippen LogP contribution < -0.4 is 15.4 Å². The van der Waals surface area contributed by atoms with E-state index in [9.17, 15) is 21.6 Å². The number of benzene rings is 1. The first-order valence-corrected chi connectivity index (χ1v) is 14.6. The molecule has 0 spiro atoms. The summed E-state index contributed by atoms with van der Waals surface area (Å²) in [6, 6.07) is 6.79. The summed E-state index contributed by atoms with van der Waals surface area (Å²) in [6.07, 6.45) is -0.726. The second-order valence-electron chi connectivity index (χ2n) is 10.4. The number of anilines is 3. The largest absolute Gasteiger partial charge is 0.495 e. The Morgan fingerprint density at radius 1 is 1.15 bits per heavy atom. The quantitative estimate of drug-likeness (QED) is 0.385. The fourth-order valence-corrected chi connectivity index (χ4v) is 7.62. The number of pyridine rings is 1. The zero-order valence-electron chi connectivity index (χ0n) is 22.1. The lowest BCUT2D eigenvalue weighted by atomic mass is 10.0. The van der Waals surface area contributed by atoms with Crippen molar-refractivity contribution in [2.24, 2.45) is 0 Å². The number of H-pyrrole nitrogens is 1. The Labute approximate surface area is 229 Å². The van der Waals surface area contributed by atoms with Gasteiger partial charge in [0.05, 0.1) is 41.4 Å². The number of hydrogen-bond acceptors (Lipinski definition) is 8. The number of fused-ring (bicyclic) bond motifs is 3. The van der Waals surface area contributed by atoms with Crippen molar-refractivity contribution in [1.29, 1.82) is 0 Å². The summed E-state index contributed by atoms with van der Waals surface area (Å²) in [6.45, 7) is 2.58. The molecule has 0 aliphatic carbocycles. The van der Waals surface area contributed by atoms with E-state index in [1.165, 1.54) is 36.7 Å². The van der Waals surface area contributed by atoms with Gasteiger partial charge in [-0.25, -0.2) is 13.4 Å². The third kappa shape index (κ3) is 4.76. The summed E-state index contributed by atoms with van der Waals surface area (Å²) in [4.78, 5) is 9.47. The summed E-state index contributed by atoms with van der Waals surface area (Å²) in [7, 11) is -0.798. The summed E-state index contributed by atoms with van der Waals surface area (Å²) >= 11 is 0.